The van der Waals surface area contributed by atoms with Crippen LogP contribution in [0.1, 0.15) is 24.8 Å². The van der Waals surface area contributed by atoms with Crippen molar-refractivity contribution in [2.45, 2.75) is 19.3 Å². The number of likely N-dealkylation sites (tertiary alicyclic amines) is 1. The molecule has 0 bridgehead atoms. The molecule has 3 rings (SSSR count). The summed E-state index contributed by atoms with van der Waals surface area (Å²) in [7, 11) is 1.50. The first-order valence-corrected chi connectivity index (χ1v) is 8.13. The number of carbonyl (C=O) groups is 1. The Morgan fingerprint density at radius 2 is 2.09 bits per heavy atom. The number of amidine groups is 1. The molecule has 22 heavy (non-hydrogen) atoms. The molecule has 1 fully saturated rings. The summed E-state index contributed by atoms with van der Waals surface area (Å²) in [5, 5.41) is 10.6. The van der Waals surface area contributed by atoms with Crippen molar-refractivity contribution in [3.63, 3.8) is 0 Å². The second kappa shape index (κ2) is 6.44. The zero-order valence-corrected chi connectivity index (χ0v) is 13.2. The van der Waals surface area contributed by atoms with E-state index in [0.29, 0.717) is 10.7 Å². The van der Waals surface area contributed by atoms with Crippen molar-refractivity contribution in [1.82, 2.24) is 4.90 Å². The molecule has 0 aromatic heterocycles. The number of amides is 1. The number of nitrogens with zero attached hydrogens (tertiary/aromatic N) is 2. The highest BCUT2D eigenvalue weighted by Crippen LogP contribution is 2.33. The van der Waals surface area contributed by atoms with E-state index in [4.69, 9.17) is 4.74 Å². The normalized spacial score (nSPS) is 20.4. The molecule has 1 amide bonds. The van der Waals surface area contributed by atoms with E-state index in [1.165, 1.54) is 25.3 Å². The molecule has 1 N–H and O–H groups in total. The molecule has 6 heteroatoms. The van der Waals surface area contributed by atoms with Gasteiger partial charge in [-0.25, -0.2) is 0 Å². The van der Waals surface area contributed by atoms with Crippen molar-refractivity contribution in [3.8, 4) is 11.5 Å². The second-order valence-electron chi connectivity index (χ2n) is 5.29. The van der Waals surface area contributed by atoms with Crippen molar-refractivity contribution in [2.75, 3.05) is 20.2 Å². The van der Waals surface area contributed by atoms with Crippen molar-refractivity contribution >= 4 is 28.9 Å². The minimum atomic E-state index is -0.208. The van der Waals surface area contributed by atoms with E-state index >= 15 is 0 Å². The minimum Gasteiger partial charge on any atom is -0.504 e. The van der Waals surface area contributed by atoms with E-state index < -0.39 is 0 Å². The third-order valence-electron chi connectivity index (χ3n) is 3.74. The number of aromatic hydroxyl groups is 1. The number of piperidine rings is 1. The Labute approximate surface area is 133 Å². The van der Waals surface area contributed by atoms with Crippen molar-refractivity contribution < 1.29 is 14.6 Å². The fraction of sp³-hybridized carbons (Fsp3) is 0.375. The van der Waals surface area contributed by atoms with Gasteiger partial charge < -0.3 is 14.7 Å². The van der Waals surface area contributed by atoms with Gasteiger partial charge in [-0.15, -0.1) is 0 Å². The molecule has 0 radical (unpaired) electrons. The molecule has 1 aromatic carbocycles. The van der Waals surface area contributed by atoms with Crippen molar-refractivity contribution in [2.24, 2.45) is 4.99 Å². The summed E-state index contributed by atoms with van der Waals surface area (Å²) < 4.78 is 5.02. The van der Waals surface area contributed by atoms with Crippen LogP contribution in [0, 0.1) is 0 Å². The van der Waals surface area contributed by atoms with E-state index in [2.05, 4.69) is 9.89 Å². The molecule has 5 nitrogen and oxygen atoms in total. The lowest BCUT2D eigenvalue weighted by Crippen LogP contribution is -2.33. The third-order valence-corrected chi connectivity index (χ3v) is 4.78. The van der Waals surface area contributed by atoms with E-state index in [9.17, 15) is 9.90 Å². The van der Waals surface area contributed by atoms with Crippen molar-refractivity contribution in [3.05, 3.63) is 28.7 Å². The quantitative estimate of drug-likeness (QED) is 0.850. The molecule has 2 heterocycles. The lowest BCUT2D eigenvalue weighted by atomic mass is 10.1. The van der Waals surface area contributed by atoms with Gasteiger partial charge in [0, 0.05) is 13.1 Å². The van der Waals surface area contributed by atoms with E-state index in [1.54, 1.807) is 24.3 Å². The second-order valence-corrected chi connectivity index (χ2v) is 6.30. The average molecular weight is 318 g/mol. The highest BCUT2D eigenvalue weighted by Gasteiger charge is 2.26. The number of carbonyl (C=O) groups excluding carboxylic acids is 1. The van der Waals surface area contributed by atoms with Gasteiger partial charge >= 0.3 is 0 Å². The number of hydrogen-bond acceptors (Lipinski definition) is 5. The lowest BCUT2D eigenvalue weighted by Gasteiger charge is -2.27. The SMILES string of the molecule is COc1ccc(/C=C2\SC(N3CCCCC3)=NC2=O)cc1O. The van der Waals surface area contributed by atoms with Crippen LogP contribution in [0.5, 0.6) is 11.5 Å². The molecule has 0 atom stereocenters. The maximum absolute atomic E-state index is 12.0. The number of hydrogen-bond donors (Lipinski definition) is 1. The average Bonchev–Trinajstić information content (AvgIpc) is 2.89. The Bertz CT molecular complexity index is 649. The van der Waals surface area contributed by atoms with Gasteiger partial charge in [0.1, 0.15) is 0 Å². The summed E-state index contributed by atoms with van der Waals surface area (Å²) in [5.41, 5.74) is 0.754. The van der Waals surface area contributed by atoms with Crippen LogP contribution in [-0.4, -0.2) is 41.3 Å². The van der Waals surface area contributed by atoms with Crippen LogP contribution in [0.4, 0.5) is 0 Å². The first-order chi connectivity index (χ1) is 10.7. The van der Waals surface area contributed by atoms with Crippen molar-refractivity contribution in [1.29, 1.82) is 0 Å². The summed E-state index contributed by atoms with van der Waals surface area (Å²) in [6, 6.07) is 5.06. The third kappa shape index (κ3) is 3.11. The fourth-order valence-electron chi connectivity index (χ4n) is 2.57. The molecule has 0 saturated carbocycles. The summed E-state index contributed by atoms with van der Waals surface area (Å²) in [4.78, 5) is 19.0. The van der Waals surface area contributed by atoms with Crippen LogP contribution in [0.2, 0.25) is 0 Å². The maximum atomic E-state index is 12.0. The Kier molecular flexibility index (Phi) is 4.38. The summed E-state index contributed by atoms with van der Waals surface area (Å²) in [5.74, 6) is 0.267. The number of ether oxygens (including phenoxy) is 1. The van der Waals surface area contributed by atoms with Crippen LogP contribution >= 0.6 is 11.8 Å². The first-order valence-electron chi connectivity index (χ1n) is 7.32. The topological polar surface area (TPSA) is 62.1 Å². The smallest absolute Gasteiger partial charge is 0.286 e. The molecule has 116 valence electrons. The van der Waals surface area contributed by atoms with Gasteiger partial charge in [0.25, 0.3) is 5.91 Å². The highest BCUT2D eigenvalue weighted by atomic mass is 32.2. The molecule has 2 aliphatic heterocycles. The Morgan fingerprint density at radius 1 is 1.32 bits per heavy atom. The van der Waals surface area contributed by atoms with Gasteiger partial charge in [-0.05, 0) is 54.8 Å². The monoisotopic (exact) mass is 318 g/mol. The minimum absolute atomic E-state index is 0.0597. The van der Waals surface area contributed by atoms with Gasteiger partial charge in [0.05, 0.1) is 12.0 Å². The molecule has 1 aromatic rings. The lowest BCUT2D eigenvalue weighted by molar-refractivity contribution is -0.113. The fourth-order valence-corrected chi connectivity index (χ4v) is 3.53. The van der Waals surface area contributed by atoms with E-state index in [-0.39, 0.29) is 11.7 Å². The first kappa shape index (κ1) is 15.0. The predicted molar refractivity (Wildman–Crippen MR) is 88.1 cm³/mol. The number of benzene rings is 1. The largest absolute Gasteiger partial charge is 0.504 e. The zero-order chi connectivity index (χ0) is 15.5. The number of phenols is 1. The standard InChI is InChI=1S/C16H18N2O3S/c1-21-13-6-5-11(9-12(13)19)10-14-15(20)17-16(22-14)18-7-3-2-4-8-18/h5-6,9-10,19H,2-4,7-8H2,1H3/b14-10-. The molecule has 2 aliphatic rings. The van der Waals surface area contributed by atoms with Gasteiger partial charge in [-0.3, -0.25) is 4.79 Å². The molecular formula is C16H18N2O3S. The zero-order valence-electron chi connectivity index (χ0n) is 12.4. The predicted octanol–water partition coefficient (Wildman–Crippen LogP) is 2.86. The van der Waals surface area contributed by atoms with Gasteiger partial charge in [0.2, 0.25) is 0 Å². The number of phenolic OH excluding ortho intramolecular Hbond substituents is 1. The Hall–Kier alpha value is -1.95. The van der Waals surface area contributed by atoms with Gasteiger partial charge in [0.15, 0.2) is 16.7 Å². The van der Waals surface area contributed by atoms with Crippen LogP contribution in [0.3, 0.4) is 0 Å². The molecule has 0 aliphatic carbocycles. The van der Waals surface area contributed by atoms with Crippen LogP contribution in [0.15, 0.2) is 28.1 Å². The summed E-state index contributed by atoms with van der Waals surface area (Å²) in [6.45, 7) is 1.94. The number of methoxy groups -OCH3 is 1. The highest BCUT2D eigenvalue weighted by molar-refractivity contribution is 8.18. The Morgan fingerprint density at radius 3 is 2.77 bits per heavy atom. The number of aliphatic imine (C=N–C) groups is 1. The van der Waals surface area contributed by atoms with Crippen LogP contribution in [-0.2, 0) is 4.79 Å². The Balaban J connectivity index is 1.76. The summed E-state index contributed by atoms with van der Waals surface area (Å²) >= 11 is 1.41. The van der Waals surface area contributed by atoms with Gasteiger partial charge in [-0.1, -0.05) is 6.07 Å². The number of rotatable bonds is 2. The molecule has 0 unspecified atom stereocenters. The molecular weight excluding hydrogens is 300 g/mol. The molecule has 1 saturated heterocycles. The van der Waals surface area contributed by atoms with Crippen LogP contribution in [0.25, 0.3) is 6.08 Å². The maximum Gasteiger partial charge on any atom is 0.286 e. The molecule has 0 spiro atoms. The van der Waals surface area contributed by atoms with E-state index in [0.717, 1.165) is 36.7 Å². The summed E-state index contributed by atoms with van der Waals surface area (Å²) in [6.07, 6.45) is 5.31. The van der Waals surface area contributed by atoms with Gasteiger partial charge in [-0.2, -0.15) is 4.99 Å². The van der Waals surface area contributed by atoms with Crippen LogP contribution < -0.4 is 4.74 Å². The van der Waals surface area contributed by atoms with E-state index in [1.807, 2.05) is 0 Å². The number of thioether (sulfide) groups is 1.